The largest absolute Gasteiger partial charge is 0.507 e. The van der Waals surface area contributed by atoms with Gasteiger partial charge >= 0.3 is 21.3 Å². The van der Waals surface area contributed by atoms with Crippen LogP contribution < -0.4 is 10.1 Å². The molecule has 0 heterocycles. The van der Waals surface area contributed by atoms with Gasteiger partial charge < -0.3 is 54.8 Å². The number of Topliss-reactive ketones (excluding diaryl/α,β-unsaturated/α-hetero) is 1. The first-order chi connectivity index (χ1) is 20.2. The van der Waals surface area contributed by atoms with Crippen LogP contribution in [0.3, 0.4) is 0 Å². The van der Waals surface area contributed by atoms with Gasteiger partial charge in [0.2, 0.25) is 11.6 Å². The topological polar surface area (TPSA) is 295 Å². The smallest absolute Gasteiger partial charge is 0.409 e. The third kappa shape index (κ3) is 5.76. The lowest BCUT2D eigenvalue weighted by Crippen LogP contribution is -2.45. The van der Waals surface area contributed by atoms with Crippen LogP contribution in [0.25, 0.3) is 0 Å². The average molecular weight is 659 g/mol. The van der Waals surface area contributed by atoms with Gasteiger partial charge in [0.15, 0.2) is 17.0 Å². The number of carbonyl (C=O) groups is 4. The number of aromatic hydroxyl groups is 2. The zero-order valence-corrected chi connectivity index (χ0v) is 24.7. The Morgan fingerprint density at radius 2 is 1.57 bits per heavy atom. The first kappa shape index (κ1) is 33.2. The summed E-state index contributed by atoms with van der Waals surface area (Å²) in [4.78, 5) is 88.7. The van der Waals surface area contributed by atoms with Gasteiger partial charge in [-0.2, -0.15) is 0 Å². The molecule has 1 amide bonds. The van der Waals surface area contributed by atoms with Crippen LogP contribution in [0.4, 0.5) is 4.79 Å². The van der Waals surface area contributed by atoms with Gasteiger partial charge in [-0.1, -0.05) is 0 Å². The summed E-state index contributed by atoms with van der Waals surface area (Å²) >= 11 is 0. The molecule has 238 valence electrons. The number of amides is 1. The second-order valence-corrected chi connectivity index (χ2v) is 14.2. The van der Waals surface area contributed by atoms with Gasteiger partial charge in [-0.25, -0.2) is 4.79 Å². The fourth-order valence-corrected chi connectivity index (χ4v) is 7.90. The summed E-state index contributed by atoms with van der Waals surface area (Å²) in [7, 11) is -9.36. The molecule has 19 heteroatoms. The molecule has 17 nitrogen and oxygen atoms in total. The van der Waals surface area contributed by atoms with Gasteiger partial charge in [0, 0.05) is 41.6 Å². The van der Waals surface area contributed by atoms with Crippen molar-refractivity contribution >= 4 is 38.6 Å². The number of rotatable bonds is 8. The van der Waals surface area contributed by atoms with E-state index in [0.29, 0.717) is 0 Å². The SMILES string of the molecule is COc1ccc(C(C)=O)c2c1C(=O)c1c(O)c3c(c(O)c1C2=O)CC(O)(OC(=O)NCCC(P(=O)(O)O)P(=O)(O)O)CC3O. The number of ketones is 3. The first-order valence-corrected chi connectivity index (χ1v) is 16.0. The lowest BCUT2D eigenvalue weighted by Gasteiger charge is -2.37. The Labute approximate surface area is 247 Å². The van der Waals surface area contributed by atoms with E-state index in [1.54, 1.807) is 0 Å². The highest BCUT2D eigenvalue weighted by atomic mass is 31.2. The Balaban J connectivity index is 1.68. The van der Waals surface area contributed by atoms with E-state index in [0.717, 1.165) is 6.92 Å². The summed E-state index contributed by atoms with van der Waals surface area (Å²) in [6.07, 6.45) is -5.92. The Morgan fingerprint density at radius 1 is 1.00 bits per heavy atom. The minimum absolute atomic E-state index is 0.104. The summed E-state index contributed by atoms with van der Waals surface area (Å²) in [5.74, 6) is -7.26. The monoisotopic (exact) mass is 659 g/mol. The Kier molecular flexibility index (Phi) is 8.58. The van der Waals surface area contributed by atoms with Gasteiger partial charge in [0.1, 0.15) is 17.2 Å². The normalized spacial score (nSPS) is 19.6. The summed E-state index contributed by atoms with van der Waals surface area (Å²) in [5, 5.41) is 43.6. The maximum absolute atomic E-state index is 13.7. The number of phenols is 2. The van der Waals surface area contributed by atoms with Gasteiger partial charge in [-0.15, -0.1) is 0 Å². The van der Waals surface area contributed by atoms with Crippen LogP contribution in [0, 0.1) is 0 Å². The lowest BCUT2D eigenvalue weighted by atomic mass is 9.74. The van der Waals surface area contributed by atoms with Crippen molar-refractivity contribution < 1.29 is 77.8 Å². The van der Waals surface area contributed by atoms with E-state index in [9.17, 15) is 68.3 Å². The molecule has 0 bridgehead atoms. The number of ether oxygens (including phenoxy) is 2. The molecule has 9 N–H and O–H groups in total. The van der Waals surface area contributed by atoms with Crippen molar-refractivity contribution in [3.63, 3.8) is 0 Å². The van der Waals surface area contributed by atoms with E-state index < -0.39 is 121 Å². The van der Waals surface area contributed by atoms with Crippen molar-refractivity contribution in [2.75, 3.05) is 13.7 Å². The van der Waals surface area contributed by atoms with E-state index in [-0.39, 0.29) is 16.9 Å². The third-order valence-corrected chi connectivity index (χ3v) is 11.2. The molecule has 0 fully saturated rings. The molecule has 44 heavy (non-hydrogen) atoms. The molecule has 0 saturated heterocycles. The van der Waals surface area contributed by atoms with Crippen molar-refractivity contribution in [3.05, 3.63) is 51.1 Å². The predicted octanol–water partition coefficient (Wildman–Crippen LogP) is 0.550. The van der Waals surface area contributed by atoms with Crippen LogP contribution in [0.15, 0.2) is 12.1 Å². The van der Waals surface area contributed by atoms with E-state index in [1.165, 1.54) is 19.2 Å². The second-order valence-electron chi connectivity index (χ2n) is 10.2. The zero-order chi connectivity index (χ0) is 33.1. The minimum Gasteiger partial charge on any atom is -0.507 e. The number of phenolic OH excluding ortho intramolecular Hbond substituents is 2. The fraction of sp³-hybridized carbons (Fsp3) is 0.360. The number of hydrogen-bond acceptors (Lipinski definition) is 12. The molecular formula is C25H27NO16P2. The molecular weight excluding hydrogens is 632 g/mol. The second kappa shape index (κ2) is 11.4. The molecule has 2 unspecified atom stereocenters. The Bertz CT molecular complexity index is 1690. The third-order valence-electron chi connectivity index (χ3n) is 7.29. The van der Waals surface area contributed by atoms with Crippen molar-refractivity contribution in [1.82, 2.24) is 5.32 Å². The van der Waals surface area contributed by atoms with Crippen LogP contribution in [-0.4, -0.2) is 88.3 Å². The predicted molar refractivity (Wildman–Crippen MR) is 145 cm³/mol. The lowest BCUT2D eigenvalue weighted by molar-refractivity contribution is -0.186. The first-order valence-electron chi connectivity index (χ1n) is 12.6. The van der Waals surface area contributed by atoms with Crippen LogP contribution >= 0.6 is 15.2 Å². The van der Waals surface area contributed by atoms with E-state index in [2.05, 4.69) is 0 Å². The molecule has 0 saturated carbocycles. The van der Waals surface area contributed by atoms with Gasteiger partial charge in [-0.05, 0) is 25.5 Å². The average Bonchev–Trinajstić information content (AvgIpc) is 2.88. The molecule has 0 aliphatic heterocycles. The zero-order valence-electron chi connectivity index (χ0n) is 22.9. The molecule has 2 aliphatic rings. The van der Waals surface area contributed by atoms with Gasteiger partial charge in [-0.3, -0.25) is 23.5 Å². The number of methoxy groups -OCH3 is 1. The molecule has 0 spiro atoms. The highest BCUT2D eigenvalue weighted by Gasteiger charge is 2.48. The summed E-state index contributed by atoms with van der Waals surface area (Å²) in [6.45, 7) is 0.406. The Hall–Kier alpha value is -3.66. The van der Waals surface area contributed by atoms with Crippen LogP contribution in [-0.2, 0) is 20.3 Å². The van der Waals surface area contributed by atoms with E-state index >= 15 is 0 Å². The number of alkyl carbamates (subject to hydrolysis) is 1. The number of hydrogen-bond donors (Lipinski definition) is 9. The minimum atomic E-state index is -5.28. The van der Waals surface area contributed by atoms with Crippen LogP contribution in [0.2, 0.25) is 0 Å². The summed E-state index contributed by atoms with van der Waals surface area (Å²) in [6, 6.07) is 2.51. The van der Waals surface area contributed by atoms with E-state index in [1.807, 2.05) is 5.32 Å². The molecule has 2 aromatic rings. The van der Waals surface area contributed by atoms with Crippen molar-refractivity contribution in [3.8, 4) is 17.2 Å². The number of benzene rings is 2. The standard InChI is InChI=1S/C25H27NO16P2/c1-9(27)10-3-4-13(41-2)17-16(10)22(31)18-19(23(17)32)21(30)15-11(20(18)29)7-25(34,8-12(15)28)42-24(33)26-6-5-14(43(35,36)37)44(38,39)40/h3-4,12,14,28-30,34H,5-8H2,1-2H3,(H,26,33)(H2,35,36,37)(H2,38,39,40). The number of fused-ring (bicyclic) bond motifs is 3. The summed E-state index contributed by atoms with van der Waals surface area (Å²) < 4.78 is 32.9. The van der Waals surface area contributed by atoms with Crippen molar-refractivity contribution in [1.29, 1.82) is 0 Å². The molecule has 4 rings (SSSR count). The highest BCUT2D eigenvalue weighted by molar-refractivity contribution is 7.70. The van der Waals surface area contributed by atoms with Gasteiger partial charge in [0.25, 0.3) is 0 Å². The molecule has 0 aromatic heterocycles. The number of aliphatic hydroxyl groups is 2. The number of nitrogens with one attached hydrogen (secondary N) is 1. The van der Waals surface area contributed by atoms with Crippen molar-refractivity contribution in [2.45, 2.75) is 43.5 Å². The maximum Gasteiger partial charge on any atom is 0.409 e. The molecule has 2 aliphatic carbocycles. The number of carbonyl (C=O) groups excluding carboxylic acids is 4. The maximum atomic E-state index is 13.7. The fourth-order valence-electron chi connectivity index (χ4n) is 5.41. The quantitative estimate of drug-likeness (QED) is 0.0690. The molecule has 2 aromatic carbocycles. The van der Waals surface area contributed by atoms with Crippen LogP contribution in [0.1, 0.15) is 79.2 Å². The van der Waals surface area contributed by atoms with Crippen LogP contribution in [0.5, 0.6) is 17.2 Å². The molecule has 0 radical (unpaired) electrons. The number of aliphatic hydroxyl groups excluding tert-OH is 1. The van der Waals surface area contributed by atoms with E-state index in [4.69, 9.17) is 9.47 Å². The molecule has 2 atom stereocenters. The Morgan fingerprint density at radius 3 is 2.11 bits per heavy atom. The van der Waals surface area contributed by atoms with Crippen molar-refractivity contribution in [2.24, 2.45) is 0 Å². The van der Waals surface area contributed by atoms with Gasteiger partial charge in [0.05, 0.1) is 29.9 Å². The summed E-state index contributed by atoms with van der Waals surface area (Å²) in [5.41, 5.74) is -3.30. The highest BCUT2D eigenvalue weighted by Crippen LogP contribution is 2.61.